The molecule has 0 aliphatic heterocycles. The second-order valence-electron chi connectivity index (χ2n) is 3.71. The fraction of sp³-hybridized carbons (Fsp3) is 0.636. The molecule has 0 bridgehead atoms. The minimum Gasteiger partial charge on any atom is -0.393 e. The molecule has 0 saturated heterocycles. The minimum atomic E-state index is -0.443. The summed E-state index contributed by atoms with van der Waals surface area (Å²) in [6, 6.07) is 0. The summed E-state index contributed by atoms with van der Waals surface area (Å²) in [5.41, 5.74) is 4.91. The Hall–Kier alpha value is -1.56. The number of nitrogens with two attached hydrogens (primary N) is 1. The van der Waals surface area contributed by atoms with Crippen LogP contribution in [0.2, 0.25) is 0 Å². The summed E-state index contributed by atoms with van der Waals surface area (Å²) in [5.74, 6) is 0. The molecule has 17 heavy (non-hydrogen) atoms. The van der Waals surface area contributed by atoms with Gasteiger partial charge in [-0.3, -0.25) is 13.9 Å². The van der Waals surface area contributed by atoms with Gasteiger partial charge >= 0.3 is 5.69 Å². The number of aromatic nitrogens is 2. The number of hydrogen-bond donors (Lipinski definition) is 1. The van der Waals surface area contributed by atoms with Crippen LogP contribution in [-0.2, 0) is 17.8 Å². The van der Waals surface area contributed by atoms with Crippen molar-refractivity contribution in [3.05, 3.63) is 27.0 Å². The highest BCUT2D eigenvalue weighted by Crippen LogP contribution is 1.92. The molecule has 6 heteroatoms. The van der Waals surface area contributed by atoms with E-state index in [1.165, 1.54) is 10.8 Å². The lowest BCUT2D eigenvalue weighted by Crippen LogP contribution is -2.41. The van der Waals surface area contributed by atoms with Crippen LogP contribution >= 0.6 is 0 Å². The summed E-state index contributed by atoms with van der Waals surface area (Å²) >= 11 is 0. The van der Waals surface area contributed by atoms with Gasteiger partial charge in [-0.25, -0.2) is 4.79 Å². The number of ether oxygens (including phenoxy) is 1. The topological polar surface area (TPSA) is 79.2 Å². The molecule has 1 aromatic heterocycles. The van der Waals surface area contributed by atoms with Crippen LogP contribution in [-0.4, -0.2) is 22.3 Å². The molecule has 0 spiro atoms. The molecule has 96 valence electrons. The third kappa shape index (κ3) is 3.20. The summed E-state index contributed by atoms with van der Waals surface area (Å²) in [5, 5.41) is 0. The Balaban J connectivity index is 3.09. The van der Waals surface area contributed by atoms with E-state index in [-0.39, 0.29) is 17.9 Å². The van der Waals surface area contributed by atoms with Crippen molar-refractivity contribution in [1.82, 2.24) is 9.13 Å². The maximum Gasteiger partial charge on any atom is 0.331 e. The minimum absolute atomic E-state index is 0.0922. The fourth-order valence-electron chi connectivity index (χ4n) is 1.57. The highest BCUT2D eigenvalue weighted by molar-refractivity contribution is 5.30. The standard InChI is InChI=1S/C11H19N3O3/c1-3-5-13-8-9(12)10(15)14(11(13)16)6-7-17-4-2/h8H,3-7,12H2,1-2H3. The van der Waals surface area contributed by atoms with Crippen molar-refractivity contribution in [3.8, 4) is 0 Å². The molecule has 0 aromatic carbocycles. The van der Waals surface area contributed by atoms with Gasteiger partial charge < -0.3 is 10.5 Å². The first-order chi connectivity index (χ1) is 8.11. The molecule has 6 nitrogen and oxygen atoms in total. The first-order valence-corrected chi connectivity index (χ1v) is 5.79. The zero-order valence-corrected chi connectivity index (χ0v) is 10.3. The van der Waals surface area contributed by atoms with Gasteiger partial charge in [-0.2, -0.15) is 0 Å². The maximum absolute atomic E-state index is 11.9. The molecule has 0 atom stereocenters. The molecular formula is C11H19N3O3. The molecule has 0 amide bonds. The van der Waals surface area contributed by atoms with Gasteiger partial charge in [0.2, 0.25) is 0 Å². The molecule has 0 fully saturated rings. The summed E-state index contributed by atoms with van der Waals surface area (Å²) < 4.78 is 7.73. The molecule has 0 saturated carbocycles. The molecule has 1 heterocycles. The van der Waals surface area contributed by atoms with Crippen molar-refractivity contribution in [3.63, 3.8) is 0 Å². The van der Waals surface area contributed by atoms with Crippen molar-refractivity contribution in [2.45, 2.75) is 33.4 Å². The SMILES string of the molecule is CCCn1cc(N)c(=O)n(CCOCC)c1=O. The predicted molar refractivity (Wildman–Crippen MR) is 66.2 cm³/mol. The van der Waals surface area contributed by atoms with Crippen molar-refractivity contribution in [1.29, 1.82) is 0 Å². The van der Waals surface area contributed by atoms with Crippen LogP contribution < -0.4 is 17.0 Å². The molecule has 2 N–H and O–H groups in total. The van der Waals surface area contributed by atoms with Gasteiger partial charge in [0.25, 0.3) is 5.56 Å². The smallest absolute Gasteiger partial charge is 0.331 e. The highest BCUT2D eigenvalue weighted by atomic mass is 16.5. The zero-order valence-electron chi connectivity index (χ0n) is 10.3. The van der Waals surface area contributed by atoms with Crippen LogP contribution in [0.3, 0.4) is 0 Å². The number of nitrogen functional groups attached to an aromatic ring is 1. The molecular weight excluding hydrogens is 222 g/mol. The van der Waals surface area contributed by atoms with E-state index in [1.54, 1.807) is 0 Å². The quantitative estimate of drug-likeness (QED) is 0.713. The second-order valence-corrected chi connectivity index (χ2v) is 3.71. The van der Waals surface area contributed by atoms with Crippen molar-refractivity contribution >= 4 is 5.69 Å². The van der Waals surface area contributed by atoms with E-state index in [0.29, 0.717) is 19.8 Å². The molecule has 0 radical (unpaired) electrons. The molecule has 1 rings (SSSR count). The van der Waals surface area contributed by atoms with Crippen LogP contribution in [0, 0.1) is 0 Å². The van der Waals surface area contributed by atoms with Crippen LogP contribution in [0.5, 0.6) is 0 Å². The van der Waals surface area contributed by atoms with Gasteiger partial charge in [0.05, 0.1) is 13.2 Å². The lowest BCUT2D eigenvalue weighted by Gasteiger charge is -2.10. The average Bonchev–Trinajstić information content (AvgIpc) is 2.31. The lowest BCUT2D eigenvalue weighted by atomic mass is 10.4. The predicted octanol–water partition coefficient (Wildman–Crippen LogP) is 0.0387. The number of aryl methyl sites for hydroxylation is 1. The highest BCUT2D eigenvalue weighted by Gasteiger charge is 2.08. The monoisotopic (exact) mass is 241 g/mol. The third-order valence-electron chi connectivity index (χ3n) is 2.39. The van der Waals surface area contributed by atoms with Gasteiger partial charge in [0.15, 0.2) is 0 Å². The van der Waals surface area contributed by atoms with E-state index < -0.39 is 5.56 Å². The van der Waals surface area contributed by atoms with Gasteiger partial charge in [0.1, 0.15) is 5.69 Å². The number of rotatable bonds is 6. The van der Waals surface area contributed by atoms with E-state index in [9.17, 15) is 9.59 Å². The molecule has 0 aliphatic carbocycles. The van der Waals surface area contributed by atoms with Crippen molar-refractivity contribution in [2.24, 2.45) is 0 Å². The van der Waals surface area contributed by atoms with Crippen LogP contribution in [0.4, 0.5) is 5.69 Å². The number of nitrogens with zero attached hydrogens (tertiary/aromatic N) is 2. The van der Waals surface area contributed by atoms with E-state index in [4.69, 9.17) is 10.5 Å². The molecule has 0 unspecified atom stereocenters. The van der Waals surface area contributed by atoms with Crippen LogP contribution in [0.1, 0.15) is 20.3 Å². The first-order valence-electron chi connectivity index (χ1n) is 5.79. The lowest BCUT2D eigenvalue weighted by molar-refractivity contribution is 0.137. The van der Waals surface area contributed by atoms with Gasteiger partial charge in [-0.05, 0) is 13.3 Å². The van der Waals surface area contributed by atoms with Gasteiger partial charge in [0, 0.05) is 19.3 Å². The Labute approximate surface area is 99.6 Å². The van der Waals surface area contributed by atoms with Gasteiger partial charge in [-0.15, -0.1) is 0 Å². The van der Waals surface area contributed by atoms with E-state index in [1.807, 2.05) is 13.8 Å². The van der Waals surface area contributed by atoms with E-state index in [2.05, 4.69) is 0 Å². The number of hydrogen-bond acceptors (Lipinski definition) is 4. The summed E-state index contributed by atoms with van der Waals surface area (Å²) in [7, 11) is 0. The third-order valence-corrected chi connectivity index (χ3v) is 2.39. The normalized spacial score (nSPS) is 10.7. The van der Waals surface area contributed by atoms with E-state index in [0.717, 1.165) is 11.0 Å². The van der Waals surface area contributed by atoms with E-state index >= 15 is 0 Å². The van der Waals surface area contributed by atoms with Crippen LogP contribution in [0.25, 0.3) is 0 Å². The summed E-state index contributed by atoms with van der Waals surface area (Å²) in [6.07, 6.45) is 2.22. The van der Waals surface area contributed by atoms with Crippen LogP contribution in [0.15, 0.2) is 15.8 Å². The second kappa shape index (κ2) is 6.24. The Morgan fingerprint density at radius 3 is 2.59 bits per heavy atom. The molecule has 0 aliphatic rings. The Morgan fingerprint density at radius 1 is 1.29 bits per heavy atom. The maximum atomic E-state index is 11.9. The average molecular weight is 241 g/mol. The summed E-state index contributed by atoms with van der Waals surface area (Å²) in [6.45, 7) is 5.50. The Kier molecular flexibility index (Phi) is 4.96. The fourth-order valence-corrected chi connectivity index (χ4v) is 1.57. The first kappa shape index (κ1) is 13.5. The van der Waals surface area contributed by atoms with Crippen molar-refractivity contribution < 1.29 is 4.74 Å². The summed E-state index contributed by atoms with van der Waals surface area (Å²) in [4.78, 5) is 23.7. The Morgan fingerprint density at radius 2 is 2.00 bits per heavy atom. The zero-order chi connectivity index (χ0) is 12.8. The Bertz CT molecular complexity index is 476. The van der Waals surface area contributed by atoms with Crippen molar-refractivity contribution in [2.75, 3.05) is 18.9 Å². The van der Waals surface area contributed by atoms with Gasteiger partial charge in [-0.1, -0.05) is 6.92 Å². The largest absolute Gasteiger partial charge is 0.393 e. The number of anilines is 1. The molecule has 1 aromatic rings.